The molecule has 1 saturated heterocycles. The number of anilines is 1. The van der Waals surface area contributed by atoms with E-state index in [1.54, 1.807) is 11.3 Å². The van der Waals surface area contributed by atoms with Crippen LogP contribution in [0.5, 0.6) is 5.75 Å². The molecule has 0 spiro atoms. The lowest BCUT2D eigenvalue weighted by atomic mass is 10.1. The summed E-state index contributed by atoms with van der Waals surface area (Å²) in [6, 6.07) is 10.4. The molecule has 5 rings (SSSR count). The number of benzene rings is 1. The minimum absolute atomic E-state index is 0.0816. The second-order valence-electron chi connectivity index (χ2n) is 9.18. The van der Waals surface area contributed by atoms with Crippen LogP contribution in [0.25, 0.3) is 10.6 Å². The lowest BCUT2D eigenvalue weighted by molar-refractivity contribution is -0.134. The maximum Gasteiger partial charge on any atom is 0.511 e. The predicted octanol–water partition coefficient (Wildman–Crippen LogP) is 3.14. The Morgan fingerprint density at radius 3 is 2.47 bits per heavy atom. The average Bonchev–Trinajstić information content (AvgIpc) is 3.30. The van der Waals surface area contributed by atoms with Gasteiger partial charge >= 0.3 is 6.16 Å². The van der Waals surface area contributed by atoms with Gasteiger partial charge in [-0.2, -0.15) is 0 Å². The number of hydrogen-bond acceptors (Lipinski definition) is 9. The molecule has 1 fully saturated rings. The van der Waals surface area contributed by atoms with Crippen molar-refractivity contribution in [3.05, 3.63) is 53.3 Å². The van der Waals surface area contributed by atoms with Crippen molar-refractivity contribution in [2.45, 2.75) is 38.9 Å². The number of carbonyl (C=O) groups is 2. The number of ether oxygens (including phenoxy) is 1. The van der Waals surface area contributed by atoms with E-state index in [-0.39, 0.29) is 23.7 Å². The monoisotopic (exact) mass is 508 g/mol. The summed E-state index contributed by atoms with van der Waals surface area (Å²) in [6.07, 6.45) is 2.09. The number of carboxylic acid groups (broad SMARTS) is 1. The average molecular weight is 509 g/mol. The van der Waals surface area contributed by atoms with E-state index in [1.807, 2.05) is 23.1 Å². The van der Waals surface area contributed by atoms with Crippen LogP contribution in [0.3, 0.4) is 0 Å². The zero-order valence-electron chi connectivity index (χ0n) is 20.2. The van der Waals surface area contributed by atoms with E-state index in [1.165, 1.54) is 17.3 Å². The molecule has 0 unspecified atom stereocenters. The Morgan fingerprint density at radius 2 is 1.81 bits per heavy atom. The maximum atomic E-state index is 13.3. The highest BCUT2D eigenvalue weighted by Gasteiger charge is 2.34. The minimum atomic E-state index is -1.40. The van der Waals surface area contributed by atoms with E-state index in [0.717, 1.165) is 22.7 Å². The Labute approximate surface area is 213 Å². The van der Waals surface area contributed by atoms with Crippen molar-refractivity contribution in [3.63, 3.8) is 0 Å². The van der Waals surface area contributed by atoms with Gasteiger partial charge in [0.1, 0.15) is 5.01 Å². The predicted molar refractivity (Wildman–Crippen MR) is 135 cm³/mol. The van der Waals surface area contributed by atoms with E-state index in [9.17, 15) is 9.59 Å². The van der Waals surface area contributed by atoms with Gasteiger partial charge in [-0.3, -0.25) is 9.69 Å². The molecule has 2 aromatic heterocycles. The van der Waals surface area contributed by atoms with Crippen molar-refractivity contribution in [1.82, 2.24) is 24.8 Å². The molecule has 0 bridgehead atoms. The first-order valence-corrected chi connectivity index (χ1v) is 12.7. The fourth-order valence-corrected chi connectivity index (χ4v) is 5.96. The molecule has 2 aliphatic heterocycles. The largest absolute Gasteiger partial charge is 0.511 e. The van der Waals surface area contributed by atoms with E-state index in [4.69, 9.17) is 10.1 Å². The molecular formula is C25H28N6O4S. The van der Waals surface area contributed by atoms with Crippen LogP contribution in [-0.2, 0) is 17.8 Å². The van der Waals surface area contributed by atoms with Gasteiger partial charge in [-0.25, -0.2) is 19.7 Å². The summed E-state index contributed by atoms with van der Waals surface area (Å²) in [6.45, 7) is 7.18. The van der Waals surface area contributed by atoms with Crippen LogP contribution in [0.4, 0.5) is 10.7 Å². The number of thiazole rings is 1. The molecule has 4 heterocycles. The summed E-state index contributed by atoms with van der Waals surface area (Å²) in [5, 5.41) is 9.73. The first kappa shape index (κ1) is 24.1. The van der Waals surface area contributed by atoms with E-state index in [0.29, 0.717) is 38.7 Å². The van der Waals surface area contributed by atoms with Crippen LogP contribution in [-0.4, -0.2) is 80.2 Å². The van der Waals surface area contributed by atoms with Gasteiger partial charge in [0.15, 0.2) is 5.75 Å². The van der Waals surface area contributed by atoms with Crippen LogP contribution < -0.4 is 9.64 Å². The second-order valence-corrected chi connectivity index (χ2v) is 10.3. The van der Waals surface area contributed by atoms with Crippen molar-refractivity contribution in [3.8, 4) is 16.3 Å². The third kappa shape index (κ3) is 5.17. The fraction of sp³-hybridized carbons (Fsp3) is 0.400. The standard InChI is InChI=1S/C25H28N6O4S/c1-16-12-30(24-26-10-19(11-27-24)35-25(33)34)13-17(2)31(16)15-22(32)29-9-8-20-21(14-29)36-23(28-20)18-6-4-3-5-7-18/h3-7,10-11,16-17H,8-9,12-15H2,1-2H3,(H,33,34)/t16-,17+. The van der Waals surface area contributed by atoms with Gasteiger partial charge < -0.3 is 19.6 Å². The molecule has 1 N–H and O–H groups in total. The van der Waals surface area contributed by atoms with Crippen molar-refractivity contribution >= 4 is 29.3 Å². The molecule has 2 atom stereocenters. The van der Waals surface area contributed by atoms with Crippen molar-refractivity contribution in [1.29, 1.82) is 0 Å². The number of piperazine rings is 1. The molecule has 0 aliphatic carbocycles. The third-order valence-corrected chi connectivity index (χ3v) is 7.76. The Balaban J connectivity index is 1.19. The third-order valence-electron chi connectivity index (χ3n) is 6.63. The molecule has 0 radical (unpaired) electrons. The number of hydrogen-bond donors (Lipinski definition) is 1. The summed E-state index contributed by atoms with van der Waals surface area (Å²) >= 11 is 1.68. The first-order chi connectivity index (χ1) is 17.4. The lowest BCUT2D eigenvalue weighted by Crippen LogP contribution is -2.59. The normalized spacial score (nSPS) is 20.2. The van der Waals surface area contributed by atoms with Crippen LogP contribution >= 0.6 is 11.3 Å². The molecule has 3 aromatic rings. The first-order valence-electron chi connectivity index (χ1n) is 11.9. The molecule has 36 heavy (non-hydrogen) atoms. The van der Waals surface area contributed by atoms with E-state index >= 15 is 0 Å². The van der Waals surface area contributed by atoms with Crippen molar-refractivity contribution in [2.75, 3.05) is 31.1 Å². The van der Waals surface area contributed by atoms with Crippen molar-refractivity contribution < 1.29 is 19.4 Å². The van der Waals surface area contributed by atoms with Gasteiger partial charge in [0.05, 0.1) is 31.2 Å². The summed E-state index contributed by atoms with van der Waals surface area (Å²) < 4.78 is 4.58. The zero-order chi connectivity index (χ0) is 25.2. The van der Waals surface area contributed by atoms with Gasteiger partial charge in [-0.1, -0.05) is 30.3 Å². The highest BCUT2D eigenvalue weighted by Crippen LogP contribution is 2.32. The lowest BCUT2D eigenvalue weighted by Gasteiger charge is -2.44. The summed E-state index contributed by atoms with van der Waals surface area (Å²) in [5.74, 6) is 0.729. The zero-order valence-corrected chi connectivity index (χ0v) is 21.0. The summed E-state index contributed by atoms with van der Waals surface area (Å²) in [5.41, 5.74) is 2.22. The Kier molecular flexibility index (Phi) is 6.84. The van der Waals surface area contributed by atoms with Crippen molar-refractivity contribution in [2.24, 2.45) is 0 Å². The number of carbonyl (C=O) groups excluding carboxylic acids is 1. The maximum absolute atomic E-state index is 13.3. The molecule has 0 saturated carbocycles. The molecule has 1 amide bonds. The van der Waals surface area contributed by atoms with Gasteiger partial charge in [0, 0.05) is 48.6 Å². The Bertz CT molecular complexity index is 1220. The van der Waals surface area contributed by atoms with Crippen LogP contribution in [0, 0.1) is 0 Å². The Morgan fingerprint density at radius 1 is 1.11 bits per heavy atom. The second kappa shape index (κ2) is 10.2. The minimum Gasteiger partial charge on any atom is -0.449 e. The molecule has 11 heteroatoms. The number of fused-ring (bicyclic) bond motifs is 1. The van der Waals surface area contributed by atoms with Gasteiger partial charge in [0.2, 0.25) is 11.9 Å². The molecule has 1 aromatic carbocycles. The quantitative estimate of drug-likeness (QED) is 0.520. The molecular weight excluding hydrogens is 480 g/mol. The highest BCUT2D eigenvalue weighted by molar-refractivity contribution is 7.15. The smallest absolute Gasteiger partial charge is 0.449 e. The molecule has 2 aliphatic rings. The topological polar surface area (TPSA) is 112 Å². The number of nitrogens with zero attached hydrogens (tertiary/aromatic N) is 6. The number of aromatic nitrogens is 3. The van der Waals surface area contributed by atoms with Gasteiger partial charge in [0.25, 0.3) is 0 Å². The van der Waals surface area contributed by atoms with Gasteiger partial charge in [-0.05, 0) is 13.8 Å². The van der Waals surface area contributed by atoms with Crippen LogP contribution in [0.1, 0.15) is 24.4 Å². The summed E-state index contributed by atoms with van der Waals surface area (Å²) in [4.78, 5) is 44.7. The Hall–Kier alpha value is -3.57. The molecule has 188 valence electrons. The van der Waals surface area contributed by atoms with E-state index in [2.05, 4.69) is 50.5 Å². The number of amides is 1. The molecule has 10 nitrogen and oxygen atoms in total. The van der Waals surface area contributed by atoms with Crippen LogP contribution in [0.2, 0.25) is 0 Å². The van der Waals surface area contributed by atoms with E-state index < -0.39 is 6.16 Å². The highest BCUT2D eigenvalue weighted by atomic mass is 32.1. The fourth-order valence-electron chi connectivity index (χ4n) is 4.83. The van der Waals surface area contributed by atoms with Crippen LogP contribution in [0.15, 0.2) is 42.7 Å². The van der Waals surface area contributed by atoms with Gasteiger partial charge in [-0.15, -0.1) is 11.3 Å². The summed E-state index contributed by atoms with van der Waals surface area (Å²) in [7, 11) is 0. The number of rotatable bonds is 5. The SMILES string of the molecule is C[C@@H]1CN(c2ncc(OC(=O)O)cn2)C[C@H](C)N1CC(=O)N1CCc2nc(-c3ccccc3)sc2C1.